The Labute approximate surface area is 125 Å². The number of nitrogens with zero attached hydrogens (tertiary/aromatic N) is 3. The van der Waals surface area contributed by atoms with Crippen LogP contribution in [-0.4, -0.2) is 19.6 Å². The highest BCUT2D eigenvalue weighted by Gasteiger charge is 2.22. The summed E-state index contributed by atoms with van der Waals surface area (Å²) in [5.41, 5.74) is 2.42. The van der Waals surface area contributed by atoms with Crippen LogP contribution in [0.5, 0.6) is 0 Å². The van der Waals surface area contributed by atoms with Crippen LogP contribution in [0.1, 0.15) is 48.9 Å². The third kappa shape index (κ3) is 1.61. The van der Waals surface area contributed by atoms with Crippen LogP contribution in [0.3, 0.4) is 0 Å². The van der Waals surface area contributed by atoms with Gasteiger partial charge in [-0.2, -0.15) is 5.10 Å². The molecule has 4 rings (SSSR count). The van der Waals surface area contributed by atoms with Gasteiger partial charge in [-0.15, -0.1) is 11.3 Å². The van der Waals surface area contributed by atoms with Crippen LogP contribution in [0.25, 0.3) is 15.9 Å². The van der Waals surface area contributed by atoms with E-state index in [4.69, 9.17) is 17.2 Å². The van der Waals surface area contributed by atoms with Gasteiger partial charge >= 0.3 is 0 Å². The molecule has 4 nitrogen and oxygen atoms in total. The number of hydrogen-bond acceptors (Lipinski definition) is 4. The smallest absolute Gasteiger partial charge is 0.201 e. The number of hydrogen-bond donors (Lipinski definition) is 1. The van der Waals surface area contributed by atoms with Crippen molar-refractivity contribution in [2.24, 2.45) is 0 Å². The van der Waals surface area contributed by atoms with Gasteiger partial charge < -0.3 is 0 Å². The van der Waals surface area contributed by atoms with Crippen LogP contribution in [0.4, 0.5) is 0 Å². The van der Waals surface area contributed by atoms with Gasteiger partial charge in [-0.3, -0.25) is 9.50 Å². The minimum absolute atomic E-state index is 0.324. The van der Waals surface area contributed by atoms with Crippen molar-refractivity contribution in [1.82, 2.24) is 19.6 Å². The first-order valence-electron chi connectivity index (χ1n) is 7.08. The van der Waals surface area contributed by atoms with E-state index in [0.717, 1.165) is 22.7 Å². The van der Waals surface area contributed by atoms with Crippen molar-refractivity contribution in [1.29, 1.82) is 0 Å². The number of H-pyrrole nitrogens is 1. The summed E-state index contributed by atoms with van der Waals surface area (Å²) in [5.74, 6) is 1.33. The standard InChI is InChI=1S/C14H16N4S2/c1-7(2)11-15-13-10(12-16-17-14(19)18(11)12)8-5-3-4-6-9(8)20-13/h7H,3-6H2,1-2H3,(H,17,19). The number of fused-ring (bicyclic) bond motifs is 5. The first-order chi connectivity index (χ1) is 9.66. The van der Waals surface area contributed by atoms with E-state index in [2.05, 4.69) is 24.0 Å². The Kier molecular flexibility index (Phi) is 2.72. The van der Waals surface area contributed by atoms with E-state index in [0.29, 0.717) is 10.7 Å². The van der Waals surface area contributed by atoms with Crippen LogP contribution in [0.2, 0.25) is 0 Å². The molecule has 3 aromatic heterocycles. The molecule has 6 heteroatoms. The molecule has 1 N–H and O–H groups in total. The molecule has 3 heterocycles. The fraction of sp³-hybridized carbons (Fsp3) is 0.500. The van der Waals surface area contributed by atoms with Gasteiger partial charge in [0.05, 0.1) is 5.39 Å². The normalized spacial score (nSPS) is 15.3. The molecule has 0 saturated heterocycles. The van der Waals surface area contributed by atoms with Crippen molar-refractivity contribution in [3.63, 3.8) is 0 Å². The minimum atomic E-state index is 0.324. The molecule has 0 spiro atoms. The predicted octanol–water partition coefficient (Wildman–Crippen LogP) is 4.00. The molecule has 0 fully saturated rings. The van der Waals surface area contributed by atoms with E-state index < -0.39 is 0 Å². The third-order valence-corrected chi connectivity index (χ3v) is 5.47. The third-order valence-electron chi connectivity index (χ3n) is 4.01. The molecule has 0 aromatic carbocycles. The van der Waals surface area contributed by atoms with E-state index in [9.17, 15) is 0 Å². The van der Waals surface area contributed by atoms with Crippen molar-refractivity contribution in [2.45, 2.75) is 45.4 Å². The summed E-state index contributed by atoms with van der Waals surface area (Å²) in [5, 5.41) is 8.65. The molecule has 1 aliphatic rings. The van der Waals surface area contributed by atoms with Crippen molar-refractivity contribution in [3.05, 3.63) is 21.0 Å². The van der Waals surface area contributed by atoms with E-state index in [1.807, 2.05) is 15.7 Å². The highest BCUT2D eigenvalue weighted by Crippen LogP contribution is 2.38. The molecule has 0 unspecified atom stereocenters. The van der Waals surface area contributed by atoms with Gasteiger partial charge in [-0.1, -0.05) is 13.8 Å². The number of aryl methyl sites for hydroxylation is 2. The molecule has 0 radical (unpaired) electrons. The van der Waals surface area contributed by atoms with E-state index >= 15 is 0 Å². The summed E-state index contributed by atoms with van der Waals surface area (Å²) in [6, 6.07) is 0. The number of thiophene rings is 1. The molecule has 3 aromatic rings. The number of nitrogens with one attached hydrogen (secondary N) is 1. The lowest BCUT2D eigenvalue weighted by molar-refractivity contribution is 0.700. The zero-order valence-electron chi connectivity index (χ0n) is 11.6. The van der Waals surface area contributed by atoms with Crippen molar-refractivity contribution >= 4 is 39.4 Å². The SMILES string of the molecule is CC(C)c1nc2sc3c(c2c2n[nH]c(=S)n12)CCCC3. The Morgan fingerprint density at radius 1 is 1.30 bits per heavy atom. The second kappa shape index (κ2) is 4.36. The quantitative estimate of drug-likeness (QED) is 0.691. The minimum Gasteiger partial charge on any atom is -0.255 e. The summed E-state index contributed by atoms with van der Waals surface area (Å²) in [7, 11) is 0. The van der Waals surface area contributed by atoms with Crippen LogP contribution >= 0.6 is 23.6 Å². The first-order valence-corrected chi connectivity index (χ1v) is 8.30. The molecule has 20 heavy (non-hydrogen) atoms. The Morgan fingerprint density at radius 3 is 2.90 bits per heavy atom. The second-order valence-electron chi connectivity index (χ2n) is 5.70. The highest BCUT2D eigenvalue weighted by molar-refractivity contribution is 7.71. The monoisotopic (exact) mass is 304 g/mol. The van der Waals surface area contributed by atoms with E-state index in [1.165, 1.54) is 35.1 Å². The molecule has 0 aliphatic heterocycles. The zero-order chi connectivity index (χ0) is 13.9. The summed E-state index contributed by atoms with van der Waals surface area (Å²) >= 11 is 7.24. The topological polar surface area (TPSA) is 46.0 Å². The van der Waals surface area contributed by atoms with Crippen LogP contribution in [0, 0.1) is 4.77 Å². The molecule has 0 amide bonds. The van der Waals surface area contributed by atoms with Gasteiger partial charge in [0.25, 0.3) is 0 Å². The Hall–Kier alpha value is -1.27. The van der Waals surface area contributed by atoms with Crippen molar-refractivity contribution in [2.75, 3.05) is 0 Å². The number of aromatic amines is 1. The number of aromatic nitrogens is 4. The summed E-state index contributed by atoms with van der Waals surface area (Å²) in [6.07, 6.45) is 4.89. The second-order valence-corrected chi connectivity index (χ2v) is 7.17. The molecule has 0 saturated carbocycles. The Balaban J connectivity index is 2.21. The molecule has 1 aliphatic carbocycles. The average Bonchev–Trinajstić information content (AvgIpc) is 2.98. The fourth-order valence-electron chi connectivity index (χ4n) is 3.08. The Morgan fingerprint density at radius 2 is 2.10 bits per heavy atom. The lowest BCUT2D eigenvalue weighted by Crippen LogP contribution is -2.04. The lowest BCUT2D eigenvalue weighted by Gasteiger charge is -2.11. The molecular weight excluding hydrogens is 288 g/mol. The molecular formula is C14H16N4S2. The van der Waals surface area contributed by atoms with Crippen LogP contribution in [-0.2, 0) is 12.8 Å². The van der Waals surface area contributed by atoms with Crippen LogP contribution < -0.4 is 0 Å². The fourth-order valence-corrected chi connectivity index (χ4v) is 4.57. The molecule has 0 atom stereocenters. The lowest BCUT2D eigenvalue weighted by atomic mass is 9.97. The van der Waals surface area contributed by atoms with Crippen LogP contribution in [0.15, 0.2) is 0 Å². The largest absolute Gasteiger partial charge is 0.255 e. The van der Waals surface area contributed by atoms with Gasteiger partial charge in [0, 0.05) is 10.8 Å². The molecule has 0 bridgehead atoms. The van der Waals surface area contributed by atoms with E-state index in [1.54, 1.807) is 0 Å². The summed E-state index contributed by atoms with van der Waals surface area (Å²) in [6.45, 7) is 4.30. The summed E-state index contributed by atoms with van der Waals surface area (Å²) in [4.78, 5) is 7.52. The van der Waals surface area contributed by atoms with E-state index in [-0.39, 0.29) is 0 Å². The first kappa shape index (κ1) is 12.5. The van der Waals surface area contributed by atoms with Gasteiger partial charge in [0.2, 0.25) is 4.77 Å². The maximum Gasteiger partial charge on any atom is 0.201 e. The van der Waals surface area contributed by atoms with Gasteiger partial charge in [-0.25, -0.2) is 4.98 Å². The Bertz CT molecular complexity index is 869. The summed E-state index contributed by atoms with van der Waals surface area (Å²) < 4.78 is 2.66. The predicted molar refractivity (Wildman–Crippen MR) is 84.3 cm³/mol. The maximum atomic E-state index is 5.39. The number of rotatable bonds is 1. The van der Waals surface area contributed by atoms with Gasteiger partial charge in [-0.05, 0) is 43.5 Å². The maximum absolute atomic E-state index is 5.39. The van der Waals surface area contributed by atoms with Crippen molar-refractivity contribution in [3.8, 4) is 0 Å². The highest BCUT2D eigenvalue weighted by atomic mass is 32.1. The van der Waals surface area contributed by atoms with Crippen molar-refractivity contribution < 1.29 is 0 Å². The van der Waals surface area contributed by atoms with Gasteiger partial charge in [0.1, 0.15) is 10.7 Å². The van der Waals surface area contributed by atoms with Gasteiger partial charge in [0.15, 0.2) is 5.65 Å². The zero-order valence-corrected chi connectivity index (χ0v) is 13.2. The molecule has 104 valence electrons. The average molecular weight is 304 g/mol.